The van der Waals surface area contributed by atoms with Crippen LogP contribution in [0.25, 0.3) is 66.4 Å². The van der Waals surface area contributed by atoms with E-state index in [0.717, 1.165) is 44.4 Å². The molecule has 8 aromatic carbocycles. The van der Waals surface area contributed by atoms with Crippen molar-refractivity contribution >= 4 is 39.0 Å². The summed E-state index contributed by atoms with van der Waals surface area (Å²) >= 11 is 0. The van der Waals surface area contributed by atoms with E-state index < -0.39 is 0 Å². The van der Waals surface area contributed by atoms with E-state index in [1.165, 1.54) is 50.2 Å². The Bertz CT molecular complexity index is 2780. The Balaban J connectivity index is 1.13. The molecule has 0 spiro atoms. The highest BCUT2D eigenvalue weighted by molar-refractivity contribution is 6.09. The molecule has 1 aliphatic rings. The SMILES string of the molecule is CC1(C)c2cc(-c3ccccc3)ccc2-c2c(N(c3ccc(-c4ccccc4)cc3)c3ccc(-c4cccc5c4oc4ccccc45)cc3)cccc21. The maximum absolute atomic E-state index is 6.43. The Kier molecular flexibility index (Phi) is 7.19. The molecule has 1 aromatic heterocycles. The first-order chi connectivity index (χ1) is 26.0. The van der Waals surface area contributed by atoms with Crippen LogP contribution in [-0.2, 0) is 5.41 Å². The Morgan fingerprint density at radius 2 is 0.981 bits per heavy atom. The third-order valence-corrected chi connectivity index (χ3v) is 11.1. The lowest BCUT2D eigenvalue weighted by Crippen LogP contribution is -2.16. The van der Waals surface area contributed by atoms with Crippen LogP contribution in [0.1, 0.15) is 25.0 Å². The van der Waals surface area contributed by atoms with E-state index in [1.807, 2.05) is 12.1 Å². The van der Waals surface area contributed by atoms with Crippen LogP contribution < -0.4 is 4.90 Å². The van der Waals surface area contributed by atoms with E-state index >= 15 is 0 Å². The van der Waals surface area contributed by atoms with E-state index in [4.69, 9.17) is 4.42 Å². The third-order valence-electron chi connectivity index (χ3n) is 11.1. The minimum absolute atomic E-state index is 0.163. The summed E-state index contributed by atoms with van der Waals surface area (Å²) < 4.78 is 6.43. The molecule has 0 unspecified atom stereocenters. The second-order valence-electron chi connectivity index (χ2n) is 14.5. The lowest BCUT2D eigenvalue weighted by atomic mass is 9.81. The van der Waals surface area contributed by atoms with Gasteiger partial charge in [-0.15, -0.1) is 0 Å². The van der Waals surface area contributed by atoms with Gasteiger partial charge < -0.3 is 9.32 Å². The number of benzene rings is 8. The summed E-state index contributed by atoms with van der Waals surface area (Å²) in [5.41, 5.74) is 17.4. The minimum Gasteiger partial charge on any atom is -0.455 e. The van der Waals surface area contributed by atoms with Crippen molar-refractivity contribution in [2.24, 2.45) is 0 Å². The van der Waals surface area contributed by atoms with Gasteiger partial charge in [0, 0.05) is 38.7 Å². The Labute approximate surface area is 310 Å². The number of hydrogen-bond donors (Lipinski definition) is 0. The zero-order chi connectivity index (χ0) is 35.5. The molecule has 1 aliphatic carbocycles. The van der Waals surface area contributed by atoms with Gasteiger partial charge in [-0.2, -0.15) is 0 Å². The number of furan rings is 1. The molecule has 0 radical (unpaired) electrons. The average Bonchev–Trinajstić information content (AvgIpc) is 3.71. The Morgan fingerprint density at radius 1 is 0.415 bits per heavy atom. The summed E-state index contributed by atoms with van der Waals surface area (Å²) in [6.07, 6.45) is 0. The molecule has 252 valence electrons. The normalized spacial score (nSPS) is 12.9. The van der Waals surface area contributed by atoms with Crippen LogP contribution in [-0.4, -0.2) is 0 Å². The fourth-order valence-corrected chi connectivity index (χ4v) is 8.39. The van der Waals surface area contributed by atoms with Crippen molar-refractivity contribution in [2.45, 2.75) is 19.3 Å². The van der Waals surface area contributed by atoms with Gasteiger partial charge in [-0.05, 0) is 87.0 Å². The van der Waals surface area contributed by atoms with Crippen LogP contribution in [0.15, 0.2) is 192 Å². The van der Waals surface area contributed by atoms with Crippen LogP contribution in [0.4, 0.5) is 17.1 Å². The molecule has 0 fully saturated rings. The fourth-order valence-electron chi connectivity index (χ4n) is 8.39. The molecule has 53 heavy (non-hydrogen) atoms. The molecule has 0 saturated heterocycles. The summed E-state index contributed by atoms with van der Waals surface area (Å²) in [4.78, 5) is 2.43. The molecule has 0 aliphatic heterocycles. The number of para-hydroxylation sites is 2. The van der Waals surface area contributed by atoms with Gasteiger partial charge in [0.1, 0.15) is 11.2 Å². The molecule has 9 aromatic rings. The van der Waals surface area contributed by atoms with Crippen LogP contribution >= 0.6 is 0 Å². The largest absolute Gasteiger partial charge is 0.455 e. The average molecular weight is 680 g/mol. The van der Waals surface area contributed by atoms with E-state index in [9.17, 15) is 0 Å². The second kappa shape index (κ2) is 12.3. The molecule has 2 heteroatoms. The summed E-state index contributed by atoms with van der Waals surface area (Å²) in [5, 5.41) is 2.28. The van der Waals surface area contributed by atoms with Crippen LogP contribution in [0.3, 0.4) is 0 Å². The standard InChI is InChI=1S/C51H37NO/c1-51(2)45-20-12-21-47(49(45)44-32-27-38(33-46(44)51)35-15-7-4-8-16-35)52(39-28-23-36(24-29-39)34-13-5-3-6-14-34)40-30-25-37(26-31-40)41-18-11-19-43-42-17-9-10-22-48(42)53-50(41)43/h3-33H,1-2H3. The zero-order valence-electron chi connectivity index (χ0n) is 29.8. The molecule has 0 atom stereocenters. The van der Waals surface area contributed by atoms with Crippen molar-refractivity contribution in [3.8, 4) is 44.5 Å². The lowest BCUT2D eigenvalue weighted by Gasteiger charge is -2.29. The topological polar surface area (TPSA) is 16.4 Å². The monoisotopic (exact) mass is 679 g/mol. The smallest absolute Gasteiger partial charge is 0.143 e. The Morgan fingerprint density at radius 3 is 1.70 bits per heavy atom. The van der Waals surface area contributed by atoms with Gasteiger partial charge in [-0.1, -0.05) is 159 Å². The molecule has 2 nitrogen and oxygen atoms in total. The van der Waals surface area contributed by atoms with Gasteiger partial charge in [0.25, 0.3) is 0 Å². The minimum atomic E-state index is -0.163. The lowest BCUT2D eigenvalue weighted by molar-refractivity contribution is 0.660. The predicted octanol–water partition coefficient (Wildman–Crippen LogP) is 14.4. The summed E-state index contributed by atoms with van der Waals surface area (Å²) in [7, 11) is 0. The number of hydrogen-bond acceptors (Lipinski definition) is 2. The number of fused-ring (bicyclic) bond motifs is 6. The maximum Gasteiger partial charge on any atom is 0.143 e. The first-order valence-corrected chi connectivity index (χ1v) is 18.3. The predicted molar refractivity (Wildman–Crippen MR) is 222 cm³/mol. The van der Waals surface area contributed by atoms with Gasteiger partial charge in [0.15, 0.2) is 0 Å². The second-order valence-corrected chi connectivity index (χ2v) is 14.5. The number of rotatable bonds is 6. The van der Waals surface area contributed by atoms with E-state index in [-0.39, 0.29) is 5.41 Å². The van der Waals surface area contributed by atoms with E-state index in [0.29, 0.717) is 0 Å². The highest BCUT2D eigenvalue weighted by Gasteiger charge is 2.38. The van der Waals surface area contributed by atoms with Crippen molar-refractivity contribution in [1.29, 1.82) is 0 Å². The maximum atomic E-state index is 6.43. The van der Waals surface area contributed by atoms with Gasteiger partial charge >= 0.3 is 0 Å². The third kappa shape index (κ3) is 5.10. The summed E-state index contributed by atoms with van der Waals surface area (Å²) in [6.45, 7) is 4.73. The fraction of sp³-hybridized carbons (Fsp3) is 0.0588. The first kappa shape index (κ1) is 31.1. The van der Waals surface area contributed by atoms with Gasteiger partial charge in [-0.25, -0.2) is 0 Å². The molecule has 0 saturated carbocycles. The number of nitrogens with zero attached hydrogens (tertiary/aromatic N) is 1. The van der Waals surface area contributed by atoms with Crippen LogP contribution in [0.5, 0.6) is 0 Å². The molecule has 1 heterocycles. The molecule has 10 rings (SSSR count). The zero-order valence-corrected chi connectivity index (χ0v) is 29.8. The molecule has 0 bridgehead atoms. The first-order valence-electron chi connectivity index (χ1n) is 18.3. The number of anilines is 3. The van der Waals surface area contributed by atoms with Crippen molar-refractivity contribution < 1.29 is 4.42 Å². The highest BCUT2D eigenvalue weighted by Crippen LogP contribution is 2.55. The quantitative estimate of drug-likeness (QED) is 0.174. The van der Waals surface area contributed by atoms with Crippen molar-refractivity contribution in [1.82, 2.24) is 0 Å². The molecular weight excluding hydrogens is 643 g/mol. The van der Waals surface area contributed by atoms with Gasteiger partial charge in [0.05, 0.1) is 5.69 Å². The van der Waals surface area contributed by atoms with Crippen LogP contribution in [0, 0.1) is 0 Å². The van der Waals surface area contributed by atoms with Crippen molar-refractivity contribution in [2.75, 3.05) is 4.90 Å². The summed E-state index contributed by atoms with van der Waals surface area (Å²) in [5.74, 6) is 0. The van der Waals surface area contributed by atoms with Gasteiger partial charge in [-0.3, -0.25) is 0 Å². The molecular formula is C51H37NO. The highest BCUT2D eigenvalue weighted by atomic mass is 16.3. The van der Waals surface area contributed by atoms with Crippen molar-refractivity contribution in [3.63, 3.8) is 0 Å². The molecule has 0 N–H and O–H groups in total. The molecule has 0 amide bonds. The van der Waals surface area contributed by atoms with E-state index in [1.54, 1.807) is 0 Å². The van der Waals surface area contributed by atoms with Crippen molar-refractivity contribution in [3.05, 3.63) is 199 Å². The Hall–Kier alpha value is -6.64. The van der Waals surface area contributed by atoms with E-state index in [2.05, 4.69) is 195 Å². The van der Waals surface area contributed by atoms with Crippen LogP contribution in [0.2, 0.25) is 0 Å². The summed E-state index contributed by atoms with van der Waals surface area (Å²) in [6, 6.07) is 67.8. The van der Waals surface area contributed by atoms with Gasteiger partial charge in [0.2, 0.25) is 0 Å².